The van der Waals surface area contributed by atoms with E-state index >= 15 is 0 Å². The zero-order valence-corrected chi connectivity index (χ0v) is 14.0. The minimum Gasteiger partial charge on any atom is -0.496 e. The van der Waals surface area contributed by atoms with E-state index in [9.17, 15) is 0 Å². The molecule has 2 atom stereocenters. The SMILES string of the molecule is COc1ccccc1CN1CC[C@]2(C[C@@H](N(C)C)CCO2)C1. The standard InChI is InChI=1S/C18H28N2O2/c1-19(2)16-8-11-22-18(12-16)9-10-20(14-18)13-15-6-4-5-7-17(15)21-3/h4-7,16H,8-14H2,1-3H3/t16-,18-/m0/s1. The first kappa shape index (κ1) is 15.8. The van der Waals surface area contributed by atoms with Crippen LogP contribution in [-0.4, -0.2) is 62.3 Å². The molecule has 0 aliphatic carbocycles. The molecule has 0 N–H and O–H groups in total. The van der Waals surface area contributed by atoms with E-state index in [1.54, 1.807) is 7.11 Å². The smallest absolute Gasteiger partial charge is 0.123 e. The Morgan fingerprint density at radius 3 is 2.95 bits per heavy atom. The Morgan fingerprint density at radius 2 is 2.18 bits per heavy atom. The molecular weight excluding hydrogens is 276 g/mol. The highest BCUT2D eigenvalue weighted by molar-refractivity contribution is 5.33. The molecule has 2 heterocycles. The van der Waals surface area contributed by atoms with Crippen LogP contribution >= 0.6 is 0 Å². The fraction of sp³-hybridized carbons (Fsp3) is 0.667. The van der Waals surface area contributed by atoms with E-state index in [1.807, 2.05) is 12.1 Å². The predicted octanol–water partition coefficient (Wildman–Crippen LogP) is 2.38. The summed E-state index contributed by atoms with van der Waals surface area (Å²) in [6.45, 7) is 3.99. The zero-order chi connectivity index (χ0) is 15.6. The van der Waals surface area contributed by atoms with E-state index in [0.29, 0.717) is 6.04 Å². The maximum absolute atomic E-state index is 6.23. The largest absolute Gasteiger partial charge is 0.496 e. The summed E-state index contributed by atoms with van der Waals surface area (Å²) in [6.07, 6.45) is 3.45. The Labute approximate surface area is 134 Å². The summed E-state index contributed by atoms with van der Waals surface area (Å²) in [7, 11) is 6.12. The van der Waals surface area contributed by atoms with Crippen LogP contribution in [0.2, 0.25) is 0 Å². The van der Waals surface area contributed by atoms with Crippen molar-refractivity contribution in [3.63, 3.8) is 0 Å². The van der Waals surface area contributed by atoms with Crippen LogP contribution in [0.15, 0.2) is 24.3 Å². The minimum atomic E-state index is 0.0647. The first-order valence-electron chi connectivity index (χ1n) is 8.26. The highest BCUT2D eigenvalue weighted by Crippen LogP contribution is 2.36. The van der Waals surface area contributed by atoms with Crippen molar-refractivity contribution in [2.75, 3.05) is 40.9 Å². The molecule has 3 rings (SSSR count). The molecule has 2 aliphatic rings. The predicted molar refractivity (Wildman–Crippen MR) is 88.3 cm³/mol. The number of nitrogens with zero attached hydrogens (tertiary/aromatic N) is 2. The molecular formula is C18H28N2O2. The van der Waals surface area contributed by atoms with Gasteiger partial charge in [-0.1, -0.05) is 18.2 Å². The van der Waals surface area contributed by atoms with Gasteiger partial charge in [0.25, 0.3) is 0 Å². The molecule has 4 heteroatoms. The Morgan fingerprint density at radius 1 is 1.36 bits per heavy atom. The van der Waals surface area contributed by atoms with E-state index in [4.69, 9.17) is 9.47 Å². The van der Waals surface area contributed by atoms with Crippen molar-refractivity contribution in [3.05, 3.63) is 29.8 Å². The number of likely N-dealkylation sites (tertiary alicyclic amines) is 1. The molecule has 22 heavy (non-hydrogen) atoms. The fourth-order valence-electron chi connectivity index (χ4n) is 3.86. The summed E-state index contributed by atoms with van der Waals surface area (Å²) >= 11 is 0. The van der Waals surface area contributed by atoms with Gasteiger partial charge < -0.3 is 14.4 Å². The molecule has 2 fully saturated rings. The van der Waals surface area contributed by atoms with Gasteiger partial charge in [0.05, 0.1) is 12.7 Å². The van der Waals surface area contributed by atoms with Gasteiger partial charge in [-0.25, -0.2) is 0 Å². The molecule has 122 valence electrons. The maximum Gasteiger partial charge on any atom is 0.123 e. The van der Waals surface area contributed by atoms with E-state index in [2.05, 4.69) is 36.0 Å². The molecule has 4 nitrogen and oxygen atoms in total. The molecule has 0 radical (unpaired) electrons. The van der Waals surface area contributed by atoms with Gasteiger partial charge in [-0.15, -0.1) is 0 Å². The first-order chi connectivity index (χ1) is 10.6. The number of benzene rings is 1. The Kier molecular flexibility index (Phi) is 4.71. The molecule has 2 aliphatic heterocycles. The third kappa shape index (κ3) is 3.29. The van der Waals surface area contributed by atoms with Crippen LogP contribution in [0.1, 0.15) is 24.8 Å². The summed E-state index contributed by atoms with van der Waals surface area (Å²) in [5.41, 5.74) is 1.33. The third-order valence-corrected chi connectivity index (χ3v) is 5.18. The molecule has 1 spiro atoms. The van der Waals surface area contributed by atoms with E-state index in [1.165, 1.54) is 5.56 Å². The fourth-order valence-corrected chi connectivity index (χ4v) is 3.86. The minimum absolute atomic E-state index is 0.0647. The van der Waals surface area contributed by atoms with Gasteiger partial charge in [0.1, 0.15) is 5.75 Å². The van der Waals surface area contributed by atoms with Crippen molar-refractivity contribution in [1.29, 1.82) is 0 Å². The van der Waals surface area contributed by atoms with Gasteiger partial charge in [0.2, 0.25) is 0 Å². The Hall–Kier alpha value is -1.10. The van der Waals surface area contributed by atoms with Gasteiger partial charge in [-0.2, -0.15) is 0 Å². The molecule has 0 bridgehead atoms. The van der Waals surface area contributed by atoms with Crippen LogP contribution in [0, 0.1) is 0 Å². The number of hydrogen-bond acceptors (Lipinski definition) is 4. The number of para-hydroxylation sites is 1. The van der Waals surface area contributed by atoms with Crippen molar-refractivity contribution >= 4 is 0 Å². The summed E-state index contributed by atoms with van der Waals surface area (Å²) < 4.78 is 11.7. The van der Waals surface area contributed by atoms with Crippen molar-refractivity contribution in [2.45, 2.75) is 37.5 Å². The van der Waals surface area contributed by atoms with Crippen LogP contribution in [0.25, 0.3) is 0 Å². The molecule has 0 saturated carbocycles. The second-order valence-corrected chi connectivity index (χ2v) is 6.91. The third-order valence-electron chi connectivity index (χ3n) is 5.18. The Balaban J connectivity index is 1.64. The van der Waals surface area contributed by atoms with Crippen LogP contribution in [0.4, 0.5) is 0 Å². The van der Waals surface area contributed by atoms with Crippen LogP contribution < -0.4 is 4.74 Å². The average molecular weight is 304 g/mol. The molecule has 0 amide bonds. The Bertz CT molecular complexity index is 506. The highest BCUT2D eigenvalue weighted by atomic mass is 16.5. The molecule has 0 aromatic heterocycles. The zero-order valence-electron chi connectivity index (χ0n) is 14.0. The normalized spacial score (nSPS) is 29.4. The average Bonchev–Trinajstić information content (AvgIpc) is 2.90. The van der Waals surface area contributed by atoms with Gasteiger partial charge in [-0.3, -0.25) is 4.90 Å². The summed E-state index contributed by atoms with van der Waals surface area (Å²) in [5, 5.41) is 0. The highest BCUT2D eigenvalue weighted by Gasteiger charge is 2.43. The van der Waals surface area contributed by atoms with Gasteiger partial charge in [-0.05, 0) is 39.4 Å². The van der Waals surface area contributed by atoms with E-state index in [-0.39, 0.29) is 5.60 Å². The summed E-state index contributed by atoms with van der Waals surface area (Å²) in [6, 6.07) is 8.97. The van der Waals surface area contributed by atoms with Crippen LogP contribution in [-0.2, 0) is 11.3 Å². The van der Waals surface area contributed by atoms with Gasteiger partial charge >= 0.3 is 0 Å². The van der Waals surface area contributed by atoms with Gasteiger partial charge in [0, 0.05) is 37.8 Å². The van der Waals surface area contributed by atoms with E-state index in [0.717, 1.165) is 51.3 Å². The lowest BCUT2D eigenvalue weighted by Crippen LogP contribution is -2.48. The van der Waals surface area contributed by atoms with Crippen molar-refractivity contribution < 1.29 is 9.47 Å². The topological polar surface area (TPSA) is 24.9 Å². The molecule has 1 aromatic rings. The monoisotopic (exact) mass is 304 g/mol. The second-order valence-electron chi connectivity index (χ2n) is 6.91. The van der Waals surface area contributed by atoms with Crippen molar-refractivity contribution in [1.82, 2.24) is 9.80 Å². The van der Waals surface area contributed by atoms with Crippen LogP contribution in [0.3, 0.4) is 0 Å². The molecule has 0 unspecified atom stereocenters. The lowest BCUT2D eigenvalue weighted by atomic mass is 9.89. The number of ether oxygens (including phenoxy) is 2. The number of hydrogen-bond donors (Lipinski definition) is 0. The lowest BCUT2D eigenvalue weighted by Gasteiger charge is -2.40. The summed E-state index contributed by atoms with van der Waals surface area (Å²) in [5.74, 6) is 0.985. The molecule has 2 saturated heterocycles. The quantitative estimate of drug-likeness (QED) is 0.853. The lowest BCUT2D eigenvalue weighted by molar-refractivity contribution is -0.0932. The first-order valence-corrected chi connectivity index (χ1v) is 8.26. The van der Waals surface area contributed by atoms with Crippen molar-refractivity contribution in [2.24, 2.45) is 0 Å². The van der Waals surface area contributed by atoms with Gasteiger partial charge in [0.15, 0.2) is 0 Å². The number of methoxy groups -OCH3 is 1. The summed E-state index contributed by atoms with van der Waals surface area (Å²) in [4.78, 5) is 4.86. The molecule has 1 aromatic carbocycles. The maximum atomic E-state index is 6.23. The van der Waals surface area contributed by atoms with Crippen molar-refractivity contribution in [3.8, 4) is 5.75 Å². The van der Waals surface area contributed by atoms with Crippen LogP contribution in [0.5, 0.6) is 5.75 Å². The number of rotatable bonds is 4. The van der Waals surface area contributed by atoms with E-state index < -0.39 is 0 Å². The second kappa shape index (κ2) is 6.57.